The Labute approximate surface area is 187 Å². The molecule has 0 saturated carbocycles. The summed E-state index contributed by atoms with van der Waals surface area (Å²) in [4.78, 5) is 20.2. The molecule has 1 aromatic heterocycles. The van der Waals surface area contributed by atoms with Crippen molar-refractivity contribution in [3.63, 3.8) is 0 Å². The van der Waals surface area contributed by atoms with Crippen LogP contribution >= 0.6 is 0 Å². The lowest BCUT2D eigenvalue weighted by molar-refractivity contribution is -0.117. The molecule has 1 saturated heterocycles. The lowest BCUT2D eigenvalue weighted by atomic mass is 10.0. The van der Waals surface area contributed by atoms with Crippen LogP contribution in [0.15, 0.2) is 18.5 Å². The molecule has 2 N–H and O–H groups in total. The normalized spacial score (nSPS) is 17.7. The summed E-state index contributed by atoms with van der Waals surface area (Å²) in [5.41, 5.74) is 2.96. The highest BCUT2D eigenvalue weighted by Gasteiger charge is 2.27. The molecule has 1 aromatic carbocycles. The third kappa shape index (κ3) is 5.39. The fourth-order valence-electron chi connectivity index (χ4n) is 3.60. The molecule has 0 spiro atoms. The van der Waals surface area contributed by atoms with Crippen LogP contribution in [0.25, 0.3) is 0 Å². The van der Waals surface area contributed by atoms with Gasteiger partial charge >= 0.3 is 0 Å². The van der Waals surface area contributed by atoms with Gasteiger partial charge in [-0.15, -0.1) is 6.42 Å². The highest BCUT2D eigenvalue weighted by molar-refractivity contribution is 5.93. The maximum Gasteiger partial charge on any atom is 0.295 e. The van der Waals surface area contributed by atoms with Gasteiger partial charge in [0.05, 0.1) is 45.3 Å². The van der Waals surface area contributed by atoms with Gasteiger partial charge in [0.1, 0.15) is 18.1 Å². The maximum absolute atomic E-state index is 11.5. The van der Waals surface area contributed by atoms with Crippen molar-refractivity contribution in [2.45, 2.75) is 39.0 Å². The van der Waals surface area contributed by atoms with Gasteiger partial charge in [-0.3, -0.25) is 4.79 Å². The van der Waals surface area contributed by atoms with Crippen molar-refractivity contribution >= 4 is 11.9 Å². The van der Waals surface area contributed by atoms with E-state index >= 15 is 0 Å². The number of hydrogen-bond acceptors (Lipinski definition) is 8. The SMILES string of the molecule is C#CC(=O)N[C@H]1COCC[C@H]1Nc1ncc(OCc2c(C)c(OC)cc(OC)c2C)cn1. The number of carbonyl (C=O) groups excluding carboxylic acids is 1. The summed E-state index contributed by atoms with van der Waals surface area (Å²) in [7, 11) is 3.25. The number of nitrogens with one attached hydrogen (secondary N) is 2. The fourth-order valence-corrected chi connectivity index (χ4v) is 3.60. The largest absolute Gasteiger partial charge is 0.496 e. The molecule has 2 atom stereocenters. The van der Waals surface area contributed by atoms with E-state index in [0.717, 1.165) is 28.2 Å². The summed E-state index contributed by atoms with van der Waals surface area (Å²) < 4.78 is 22.3. The van der Waals surface area contributed by atoms with E-state index in [1.807, 2.05) is 19.9 Å². The number of rotatable bonds is 8. The lowest BCUT2D eigenvalue weighted by Gasteiger charge is -2.32. The molecule has 0 unspecified atom stereocenters. The maximum atomic E-state index is 11.5. The summed E-state index contributed by atoms with van der Waals surface area (Å²) in [6.45, 7) is 5.23. The van der Waals surface area contributed by atoms with Gasteiger partial charge in [-0.05, 0) is 37.3 Å². The van der Waals surface area contributed by atoms with E-state index in [4.69, 9.17) is 25.4 Å². The number of amides is 1. The molecule has 0 aliphatic carbocycles. The first-order valence-electron chi connectivity index (χ1n) is 10.2. The van der Waals surface area contributed by atoms with Gasteiger partial charge < -0.3 is 29.6 Å². The molecule has 9 nitrogen and oxygen atoms in total. The lowest BCUT2D eigenvalue weighted by Crippen LogP contribution is -2.52. The number of hydrogen-bond donors (Lipinski definition) is 2. The third-order valence-electron chi connectivity index (χ3n) is 5.48. The standard InChI is InChI=1S/C23H28N4O5/c1-6-22(28)26-19-13-31-8-7-18(19)27-23-24-10-16(11-25-23)32-12-17-14(2)20(29-4)9-21(30-5)15(17)3/h1,9-11,18-19H,7-8,12-13H2,2-5H3,(H,26,28)(H,24,25,27)/t18-,19+/m1/s1. The highest BCUT2D eigenvalue weighted by Crippen LogP contribution is 2.33. The summed E-state index contributed by atoms with van der Waals surface area (Å²) in [6.07, 6.45) is 9.04. The second kappa shape index (κ2) is 10.7. The second-order valence-electron chi connectivity index (χ2n) is 7.38. The minimum absolute atomic E-state index is 0.0950. The number of terminal acetylenes is 1. The zero-order chi connectivity index (χ0) is 23.1. The zero-order valence-electron chi connectivity index (χ0n) is 18.7. The van der Waals surface area contributed by atoms with Crippen LogP contribution in [0.1, 0.15) is 23.1 Å². The summed E-state index contributed by atoms with van der Waals surface area (Å²) >= 11 is 0. The zero-order valence-corrected chi connectivity index (χ0v) is 18.7. The average molecular weight is 441 g/mol. The van der Waals surface area contributed by atoms with Crippen LogP contribution in [0.5, 0.6) is 17.2 Å². The van der Waals surface area contributed by atoms with Gasteiger partial charge in [0.15, 0.2) is 5.75 Å². The Bertz CT molecular complexity index is 959. The van der Waals surface area contributed by atoms with Crippen LogP contribution in [0.4, 0.5) is 5.95 Å². The van der Waals surface area contributed by atoms with E-state index in [9.17, 15) is 4.79 Å². The monoisotopic (exact) mass is 440 g/mol. The molecule has 0 bridgehead atoms. The van der Waals surface area contributed by atoms with E-state index in [1.54, 1.807) is 26.6 Å². The van der Waals surface area contributed by atoms with Crippen molar-refractivity contribution in [2.24, 2.45) is 0 Å². The molecule has 1 aliphatic heterocycles. The smallest absolute Gasteiger partial charge is 0.295 e. The molecule has 2 heterocycles. The fraction of sp³-hybridized carbons (Fsp3) is 0.435. The Kier molecular flexibility index (Phi) is 7.73. The van der Waals surface area contributed by atoms with E-state index in [0.29, 0.717) is 37.9 Å². The average Bonchev–Trinajstić information content (AvgIpc) is 2.81. The van der Waals surface area contributed by atoms with Gasteiger partial charge in [0.25, 0.3) is 5.91 Å². The minimum atomic E-state index is -0.475. The van der Waals surface area contributed by atoms with Crippen LogP contribution in [-0.2, 0) is 16.1 Å². The van der Waals surface area contributed by atoms with Crippen molar-refractivity contribution in [1.82, 2.24) is 15.3 Å². The first kappa shape index (κ1) is 23.2. The topological polar surface area (TPSA) is 104 Å². The molecule has 170 valence electrons. The molecular weight excluding hydrogens is 412 g/mol. The summed E-state index contributed by atoms with van der Waals surface area (Å²) in [5.74, 6) is 4.02. The first-order chi connectivity index (χ1) is 15.5. The van der Waals surface area contributed by atoms with E-state index < -0.39 is 5.91 Å². The van der Waals surface area contributed by atoms with E-state index in [2.05, 4.69) is 26.5 Å². The van der Waals surface area contributed by atoms with Gasteiger partial charge in [0.2, 0.25) is 5.95 Å². The number of nitrogens with zero attached hydrogens (tertiary/aromatic N) is 2. The number of aromatic nitrogens is 2. The van der Waals surface area contributed by atoms with Crippen LogP contribution in [0.3, 0.4) is 0 Å². The Balaban J connectivity index is 1.65. The van der Waals surface area contributed by atoms with E-state index in [-0.39, 0.29) is 12.1 Å². The predicted octanol–water partition coefficient (Wildman–Crippen LogP) is 2.01. The quantitative estimate of drug-likeness (QED) is 0.601. The van der Waals surface area contributed by atoms with Crippen LogP contribution in [0.2, 0.25) is 0 Å². The minimum Gasteiger partial charge on any atom is -0.496 e. The van der Waals surface area contributed by atoms with E-state index in [1.165, 1.54) is 0 Å². The van der Waals surface area contributed by atoms with Crippen LogP contribution in [0, 0.1) is 26.2 Å². The number of benzene rings is 1. The summed E-state index contributed by atoms with van der Waals surface area (Å²) in [5, 5.41) is 5.99. The van der Waals surface area contributed by atoms with Crippen molar-refractivity contribution in [1.29, 1.82) is 0 Å². The molecule has 1 amide bonds. The number of anilines is 1. The number of ether oxygens (including phenoxy) is 4. The number of carbonyl (C=O) groups is 1. The van der Waals surface area contributed by atoms with Gasteiger partial charge in [-0.1, -0.05) is 0 Å². The molecule has 0 radical (unpaired) electrons. The first-order valence-corrected chi connectivity index (χ1v) is 10.2. The molecule has 1 fully saturated rings. The van der Waals surface area contributed by atoms with Gasteiger partial charge in [-0.25, -0.2) is 9.97 Å². The van der Waals surface area contributed by atoms with Crippen LogP contribution in [-0.4, -0.2) is 55.4 Å². The second-order valence-corrected chi connectivity index (χ2v) is 7.38. The summed E-state index contributed by atoms with van der Waals surface area (Å²) in [6, 6.07) is 1.51. The molecular formula is C23H28N4O5. The van der Waals surface area contributed by atoms with Crippen molar-refractivity contribution in [2.75, 3.05) is 32.8 Å². The number of methoxy groups -OCH3 is 2. The van der Waals surface area contributed by atoms with Crippen molar-refractivity contribution < 1.29 is 23.7 Å². The Morgan fingerprint density at radius 2 is 1.84 bits per heavy atom. The van der Waals surface area contributed by atoms with Gasteiger partial charge in [0, 0.05) is 18.2 Å². The molecule has 32 heavy (non-hydrogen) atoms. The molecule has 2 aromatic rings. The Hall–Kier alpha value is -3.51. The molecule has 1 aliphatic rings. The molecule has 3 rings (SSSR count). The predicted molar refractivity (Wildman–Crippen MR) is 119 cm³/mol. The van der Waals surface area contributed by atoms with Crippen molar-refractivity contribution in [3.8, 4) is 29.6 Å². The van der Waals surface area contributed by atoms with Gasteiger partial charge in [-0.2, -0.15) is 0 Å². The Morgan fingerprint density at radius 1 is 1.19 bits per heavy atom. The van der Waals surface area contributed by atoms with Crippen molar-refractivity contribution in [3.05, 3.63) is 35.2 Å². The Morgan fingerprint density at radius 3 is 2.44 bits per heavy atom. The highest BCUT2D eigenvalue weighted by atomic mass is 16.5. The third-order valence-corrected chi connectivity index (χ3v) is 5.48. The molecule has 9 heteroatoms. The van der Waals surface area contributed by atoms with Crippen LogP contribution < -0.4 is 24.8 Å².